The van der Waals surface area contributed by atoms with Crippen LogP contribution in [-0.4, -0.2) is 6.71 Å². The molecule has 2 nitrogen and oxygen atoms in total. The summed E-state index contributed by atoms with van der Waals surface area (Å²) >= 11 is 0. The van der Waals surface area contributed by atoms with Crippen LogP contribution in [0.25, 0.3) is 22.3 Å². The van der Waals surface area contributed by atoms with Gasteiger partial charge in [0.05, 0.1) is 10.8 Å². The fourth-order valence-electron chi connectivity index (χ4n) is 14.0. The van der Waals surface area contributed by atoms with Crippen LogP contribution in [0.2, 0.25) is 0 Å². The molecule has 3 heteroatoms. The second kappa shape index (κ2) is 20.9. The second-order valence-electron chi connectivity index (χ2n) is 21.9. The fourth-order valence-corrected chi connectivity index (χ4v) is 14.0. The summed E-state index contributed by atoms with van der Waals surface area (Å²) in [5, 5.41) is 0. The summed E-state index contributed by atoms with van der Waals surface area (Å²) in [4.78, 5) is 5.11. The van der Waals surface area contributed by atoms with Crippen molar-refractivity contribution in [2.24, 2.45) is 0 Å². The van der Waals surface area contributed by atoms with Crippen LogP contribution < -0.4 is 26.2 Å². The van der Waals surface area contributed by atoms with Gasteiger partial charge in [0.1, 0.15) is 0 Å². The number of hydrogen-bond donors (Lipinski definition) is 0. The molecule has 2 aliphatic heterocycles. The summed E-state index contributed by atoms with van der Waals surface area (Å²) in [6.07, 6.45) is 0. The average molecular weight is 1060 g/mol. The predicted octanol–water partition coefficient (Wildman–Crippen LogP) is 17.9. The van der Waals surface area contributed by atoms with E-state index in [1.54, 1.807) is 0 Å². The first-order chi connectivity index (χ1) is 41.2. The molecule has 2 heterocycles. The zero-order valence-corrected chi connectivity index (χ0v) is 45.9. The van der Waals surface area contributed by atoms with Crippen LogP contribution in [-0.2, 0) is 10.8 Å². The van der Waals surface area contributed by atoms with E-state index in [2.05, 4.69) is 356 Å². The van der Waals surface area contributed by atoms with Crippen molar-refractivity contribution in [1.82, 2.24) is 0 Å². The number of rotatable bonds is 12. The van der Waals surface area contributed by atoms with Crippen molar-refractivity contribution >= 4 is 57.2 Å². The number of fused-ring (bicyclic) bond motifs is 4. The first kappa shape index (κ1) is 49.6. The van der Waals surface area contributed by atoms with Gasteiger partial charge in [-0.1, -0.05) is 297 Å². The molecule has 83 heavy (non-hydrogen) atoms. The number of hydrogen-bond acceptors (Lipinski definition) is 2. The Bertz CT molecular complexity index is 3950. The SMILES string of the molecule is c1ccc(-c2ccc3c(c2)B2c4cc(-c5ccccc5)ccc4N(c4cccc(C(c5ccccc5)(c5ccccc5)c5ccccc5)c4)c4cccc(c42)N3c2cccc(C(c3ccccc3)(c3ccccc3)c3ccccc3)c2)cc1. The van der Waals surface area contributed by atoms with E-state index in [1.165, 1.54) is 83.1 Å². The molecule has 0 fully saturated rings. The molecule has 0 saturated heterocycles. The molecule has 0 atom stereocenters. The normalized spacial score (nSPS) is 12.5. The summed E-state index contributed by atoms with van der Waals surface area (Å²) in [6, 6.07) is 128. The van der Waals surface area contributed by atoms with Gasteiger partial charge in [-0.25, -0.2) is 0 Å². The van der Waals surface area contributed by atoms with Crippen LogP contribution in [0.15, 0.2) is 346 Å². The molecule has 13 aromatic carbocycles. The standard InChI is InChI=1S/C80H57BN2/c1-9-28-58(29-10-1)60-50-52-74-72(54-60)81-73-55-61(59-30-11-2-12-31-59)51-53-75(73)83(71-47-26-45-69(57-71)80(65-38-19-6-20-39-65,66-40-21-7-22-41-66)67-42-23-8-24-43-67)77-49-27-48-76(78(77)81)82(74)70-46-25-44-68(56-70)79(62-32-13-3-14-33-62,63-34-15-4-16-35-63)64-36-17-5-18-37-64/h1-57H. The summed E-state index contributed by atoms with van der Waals surface area (Å²) in [6.45, 7) is -0.119. The number of benzene rings is 13. The lowest BCUT2D eigenvalue weighted by Gasteiger charge is -2.45. The third-order valence-electron chi connectivity index (χ3n) is 17.5. The van der Waals surface area contributed by atoms with Gasteiger partial charge in [0.15, 0.2) is 0 Å². The highest BCUT2D eigenvalue weighted by atomic mass is 15.2. The zero-order valence-electron chi connectivity index (χ0n) is 45.9. The van der Waals surface area contributed by atoms with E-state index in [0.717, 1.165) is 34.1 Å². The Labute approximate surface area is 487 Å². The van der Waals surface area contributed by atoms with Crippen LogP contribution >= 0.6 is 0 Å². The Morgan fingerprint density at radius 2 is 0.482 bits per heavy atom. The van der Waals surface area contributed by atoms with Crippen LogP contribution in [0.5, 0.6) is 0 Å². The van der Waals surface area contributed by atoms with Crippen molar-refractivity contribution in [3.05, 3.63) is 390 Å². The lowest BCUT2D eigenvalue weighted by molar-refractivity contribution is 0.745. The highest BCUT2D eigenvalue weighted by Crippen LogP contribution is 2.51. The van der Waals surface area contributed by atoms with Gasteiger partial charge in [0, 0.05) is 34.1 Å². The quantitative estimate of drug-likeness (QED) is 0.0889. The molecule has 0 aliphatic carbocycles. The van der Waals surface area contributed by atoms with Gasteiger partial charge in [-0.3, -0.25) is 0 Å². The Hall–Kier alpha value is -10.5. The molecule has 0 aromatic heterocycles. The van der Waals surface area contributed by atoms with Crippen molar-refractivity contribution in [3.63, 3.8) is 0 Å². The molecule has 0 radical (unpaired) electrons. The lowest BCUT2D eigenvalue weighted by Crippen LogP contribution is -2.61. The van der Waals surface area contributed by atoms with Gasteiger partial charge in [-0.2, -0.15) is 0 Å². The van der Waals surface area contributed by atoms with Gasteiger partial charge < -0.3 is 9.80 Å². The molecule has 15 rings (SSSR count). The maximum atomic E-state index is 2.56. The van der Waals surface area contributed by atoms with E-state index in [1.807, 2.05) is 0 Å². The van der Waals surface area contributed by atoms with E-state index < -0.39 is 10.8 Å². The third-order valence-corrected chi connectivity index (χ3v) is 17.5. The zero-order chi connectivity index (χ0) is 55.2. The van der Waals surface area contributed by atoms with Crippen LogP contribution in [0.1, 0.15) is 44.5 Å². The van der Waals surface area contributed by atoms with Crippen LogP contribution in [0, 0.1) is 0 Å². The first-order valence-corrected chi connectivity index (χ1v) is 28.9. The van der Waals surface area contributed by atoms with Crippen molar-refractivity contribution < 1.29 is 0 Å². The Morgan fingerprint density at radius 1 is 0.205 bits per heavy atom. The minimum absolute atomic E-state index is 0.119. The number of nitrogens with zero attached hydrogens (tertiary/aromatic N) is 2. The van der Waals surface area contributed by atoms with Crippen molar-refractivity contribution in [2.45, 2.75) is 10.8 Å². The van der Waals surface area contributed by atoms with Crippen LogP contribution in [0.4, 0.5) is 34.1 Å². The summed E-state index contributed by atoms with van der Waals surface area (Å²) in [7, 11) is 0. The largest absolute Gasteiger partial charge is 0.311 e. The van der Waals surface area contributed by atoms with Gasteiger partial charge in [0.25, 0.3) is 6.71 Å². The molecule has 0 amide bonds. The molecule has 0 bridgehead atoms. The molecular formula is C80H57BN2. The van der Waals surface area contributed by atoms with E-state index in [9.17, 15) is 0 Å². The highest BCUT2D eigenvalue weighted by Gasteiger charge is 2.46. The fraction of sp³-hybridized carbons (Fsp3) is 0.0250. The molecule has 390 valence electrons. The van der Waals surface area contributed by atoms with Gasteiger partial charge in [0.2, 0.25) is 0 Å². The van der Waals surface area contributed by atoms with Gasteiger partial charge >= 0.3 is 0 Å². The third kappa shape index (κ3) is 8.18. The molecule has 13 aromatic rings. The summed E-state index contributed by atoms with van der Waals surface area (Å²) in [5.41, 5.74) is 23.6. The van der Waals surface area contributed by atoms with E-state index in [4.69, 9.17) is 0 Å². The molecule has 0 spiro atoms. The average Bonchev–Trinajstić information content (AvgIpc) is 3.03. The van der Waals surface area contributed by atoms with E-state index >= 15 is 0 Å². The lowest BCUT2D eigenvalue weighted by atomic mass is 9.33. The molecule has 0 unspecified atom stereocenters. The predicted molar refractivity (Wildman–Crippen MR) is 348 cm³/mol. The molecule has 0 N–H and O–H groups in total. The van der Waals surface area contributed by atoms with E-state index in [-0.39, 0.29) is 6.71 Å². The maximum absolute atomic E-state index is 2.56. The van der Waals surface area contributed by atoms with Crippen molar-refractivity contribution in [1.29, 1.82) is 0 Å². The highest BCUT2D eigenvalue weighted by molar-refractivity contribution is 7.00. The maximum Gasteiger partial charge on any atom is 0.252 e. The molecular weight excluding hydrogens is 1000 g/mol. The second-order valence-corrected chi connectivity index (χ2v) is 21.9. The van der Waals surface area contributed by atoms with E-state index in [0.29, 0.717) is 0 Å². The first-order valence-electron chi connectivity index (χ1n) is 28.9. The smallest absolute Gasteiger partial charge is 0.252 e. The number of anilines is 6. The minimum atomic E-state index is -0.642. The minimum Gasteiger partial charge on any atom is -0.311 e. The topological polar surface area (TPSA) is 6.48 Å². The summed E-state index contributed by atoms with van der Waals surface area (Å²) < 4.78 is 0. The Morgan fingerprint density at radius 3 is 0.795 bits per heavy atom. The Balaban J connectivity index is 1.00. The van der Waals surface area contributed by atoms with Crippen molar-refractivity contribution in [3.8, 4) is 22.3 Å². The van der Waals surface area contributed by atoms with Crippen molar-refractivity contribution in [2.75, 3.05) is 9.80 Å². The van der Waals surface area contributed by atoms with Gasteiger partial charge in [-0.05, 0) is 132 Å². The molecule has 2 aliphatic rings. The summed E-state index contributed by atoms with van der Waals surface area (Å²) in [5.74, 6) is 0. The Kier molecular flexibility index (Phi) is 12.5. The monoisotopic (exact) mass is 1060 g/mol. The van der Waals surface area contributed by atoms with Gasteiger partial charge in [-0.15, -0.1) is 0 Å². The van der Waals surface area contributed by atoms with Crippen LogP contribution in [0.3, 0.4) is 0 Å². The molecule has 0 saturated carbocycles.